The third-order valence-corrected chi connectivity index (χ3v) is 5.51. The number of aromatic hydroxyl groups is 1. The van der Waals surface area contributed by atoms with Crippen molar-refractivity contribution in [2.75, 3.05) is 13.1 Å². The minimum absolute atomic E-state index is 0.258. The molecule has 1 heterocycles. The zero-order valence-electron chi connectivity index (χ0n) is 12.8. The van der Waals surface area contributed by atoms with Crippen molar-refractivity contribution in [2.45, 2.75) is 45.1 Å². The third-order valence-electron chi connectivity index (χ3n) is 3.59. The molecule has 0 saturated carbocycles. The monoisotopic (exact) mass is 312 g/mol. The molecule has 0 bridgehead atoms. The summed E-state index contributed by atoms with van der Waals surface area (Å²) in [4.78, 5) is 0. The van der Waals surface area contributed by atoms with Gasteiger partial charge in [0.2, 0.25) is 0 Å². The van der Waals surface area contributed by atoms with Gasteiger partial charge in [-0.3, -0.25) is 0 Å². The average molecular weight is 312 g/mol. The smallest absolute Gasteiger partial charge is 0.279 e. The minimum Gasteiger partial charge on any atom is -0.508 e. The fraction of sp³-hybridized carbons (Fsp3) is 0.600. The molecule has 0 aromatic heterocycles. The Kier molecular flexibility index (Phi) is 4.60. The highest BCUT2D eigenvalue weighted by Gasteiger charge is 2.31. The van der Waals surface area contributed by atoms with Gasteiger partial charge in [0.1, 0.15) is 5.75 Å². The van der Waals surface area contributed by atoms with Crippen molar-refractivity contribution < 1.29 is 13.5 Å². The maximum atomic E-state index is 12.3. The number of hydrogen-bond acceptors (Lipinski definition) is 3. The fourth-order valence-electron chi connectivity index (χ4n) is 2.63. The van der Waals surface area contributed by atoms with Crippen LogP contribution in [0.2, 0.25) is 0 Å². The minimum atomic E-state index is -3.41. The molecule has 0 radical (unpaired) electrons. The number of phenols is 1. The van der Waals surface area contributed by atoms with Crippen molar-refractivity contribution in [3.05, 3.63) is 29.8 Å². The summed E-state index contributed by atoms with van der Waals surface area (Å²) in [5, 5.41) is 9.32. The summed E-state index contributed by atoms with van der Waals surface area (Å²) in [5.41, 5.74) is 0.695. The van der Waals surface area contributed by atoms with E-state index in [4.69, 9.17) is 0 Å². The van der Waals surface area contributed by atoms with Crippen LogP contribution in [0.1, 0.15) is 45.1 Å². The predicted octanol–water partition coefficient (Wildman–Crippen LogP) is 2.20. The van der Waals surface area contributed by atoms with Crippen molar-refractivity contribution >= 4 is 10.2 Å². The van der Waals surface area contributed by atoms with E-state index >= 15 is 0 Å². The van der Waals surface area contributed by atoms with Gasteiger partial charge in [-0.2, -0.15) is 17.4 Å². The molecule has 0 spiro atoms. The summed E-state index contributed by atoms with van der Waals surface area (Å²) < 4.78 is 28.8. The average Bonchev–Trinajstić information content (AvgIpc) is 2.37. The van der Waals surface area contributed by atoms with Gasteiger partial charge in [0, 0.05) is 18.6 Å². The van der Waals surface area contributed by atoms with Crippen molar-refractivity contribution in [3.63, 3.8) is 0 Å². The van der Waals surface area contributed by atoms with Gasteiger partial charge in [-0.25, -0.2) is 0 Å². The van der Waals surface area contributed by atoms with Gasteiger partial charge in [-0.15, -0.1) is 0 Å². The number of rotatable bonds is 3. The van der Waals surface area contributed by atoms with Crippen LogP contribution >= 0.6 is 0 Å². The molecule has 6 heteroatoms. The fourth-order valence-corrected chi connectivity index (χ4v) is 4.22. The number of nitrogens with one attached hydrogen (secondary N) is 1. The van der Waals surface area contributed by atoms with E-state index in [2.05, 4.69) is 4.72 Å². The van der Waals surface area contributed by atoms with Crippen LogP contribution in [0.5, 0.6) is 5.75 Å². The summed E-state index contributed by atoms with van der Waals surface area (Å²) in [6.45, 7) is 6.57. The van der Waals surface area contributed by atoms with Crippen LogP contribution in [0, 0.1) is 0 Å². The van der Waals surface area contributed by atoms with Crippen LogP contribution in [-0.4, -0.2) is 36.5 Å². The summed E-state index contributed by atoms with van der Waals surface area (Å²) in [6, 6.07) is 7.19. The zero-order chi connectivity index (χ0) is 15.7. The molecule has 0 amide bonds. The number of hydrogen-bond donors (Lipinski definition) is 2. The maximum Gasteiger partial charge on any atom is 0.279 e. The third kappa shape index (κ3) is 4.43. The second-order valence-electron chi connectivity index (χ2n) is 6.62. The summed E-state index contributed by atoms with van der Waals surface area (Å²) in [5.74, 6) is 0.611. The van der Waals surface area contributed by atoms with Crippen LogP contribution < -0.4 is 4.72 Å². The molecular formula is C15H24N2O3S. The topological polar surface area (TPSA) is 69.6 Å². The van der Waals surface area contributed by atoms with E-state index in [1.807, 2.05) is 32.9 Å². The summed E-state index contributed by atoms with van der Waals surface area (Å²) in [6.07, 6.45) is 1.60. The Morgan fingerprint density at radius 3 is 2.14 bits per heavy atom. The van der Waals surface area contributed by atoms with Crippen LogP contribution in [-0.2, 0) is 10.2 Å². The van der Waals surface area contributed by atoms with Gasteiger partial charge >= 0.3 is 0 Å². The van der Waals surface area contributed by atoms with Crippen molar-refractivity contribution in [1.82, 2.24) is 9.03 Å². The lowest BCUT2D eigenvalue weighted by Gasteiger charge is -2.33. The van der Waals surface area contributed by atoms with Gasteiger partial charge in [0.15, 0.2) is 0 Å². The van der Waals surface area contributed by atoms with E-state index in [0.29, 0.717) is 19.0 Å². The number of nitrogens with zero attached hydrogens (tertiary/aromatic N) is 1. The molecule has 21 heavy (non-hydrogen) atoms. The van der Waals surface area contributed by atoms with Crippen LogP contribution in [0.4, 0.5) is 0 Å². The lowest BCUT2D eigenvalue weighted by atomic mass is 9.90. The Bertz CT molecular complexity index is 568. The molecule has 1 saturated heterocycles. The first-order valence-electron chi connectivity index (χ1n) is 7.25. The van der Waals surface area contributed by atoms with Crippen LogP contribution in [0.3, 0.4) is 0 Å². The Balaban J connectivity index is 1.98. The van der Waals surface area contributed by atoms with Gasteiger partial charge in [0.05, 0.1) is 0 Å². The first-order valence-corrected chi connectivity index (χ1v) is 8.69. The Hall–Kier alpha value is -1.11. The predicted molar refractivity (Wildman–Crippen MR) is 83.5 cm³/mol. The molecule has 1 aromatic carbocycles. The number of piperidine rings is 1. The standard InChI is InChI=1S/C15H24N2O3S/c1-15(2,3)16-21(19,20)17-10-8-13(9-11-17)12-4-6-14(18)7-5-12/h4-7,13,16,18H,8-11H2,1-3H3. The van der Waals surface area contributed by atoms with Gasteiger partial charge in [-0.05, 0) is 57.2 Å². The molecular weight excluding hydrogens is 288 g/mol. The second-order valence-corrected chi connectivity index (χ2v) is 8.29. The first-order chi connectivity index (χ1) is 9.67. The van der Waals surface area contributed by atoms with E-state index in [1.165, 1.54) is 4.31 Å². The lowest BCUT2D eigenvalue weighted by molar-refractivity contribution is 0.309. The highest BCUT2D eigenvalue weighted by molar-refractivity contribution is 7.87. The molecule has 118 valence electrons. The molecule has 1 aliphatic heterocycles. The highest BCUT2D eigenvalue weighted by atomic mass is 32.2. The van der Waals surface area contributed by atoms with Crippen molar-refractivity contribution in [2.24, 2.45) is 0 Å². The van der Waals surface area contributed by atoms with E-state index in [1.54, 1.807) is 12.1 Å². The van der Waals surface area contributed by atoms with Gasteiger partial charge in [0.25, 0.3) is 10.2 Å². The van der Waals surface area contributed by atoms with E-state index in [9.17, 15) is 13.5 Å². The van der Waals surface area contributed by atoms with E-state index < -0.39 is 15.7 Å². The van der Waals surface area contributed by atoms with Crippen molar-refractivity contribution in [1.29, 1.82) is 0 Å². The van der Waals surface area contributed by atoms with E-state index in [0.717, 1.165) is 18.4 Å². The molecule has 1 aromatic rings. The zero-order valence-corrected chi connectivity index (χ0v) is 13.7. The molecule has 1 aliphatic rings. The second kappa shape index (κ2) is 5.94. The van der Waals surface area contributed by atoms with Gasteiger partial charge < -0.3 is 5.11 Å². The SMILES string of the molecule is CC(C)(C)NS(=O)(=O)N1CCC(c2ccc(O)cc2)CC1. The Labute approximate surface area is 127 Å². The Morgan fingerprint density at radius 1 is 1.14 bits per heavy atom. The molecule has 5 nitrogen and oxygen atoms in total. The quantitative estimate of drug-likeness (QED) is 0.899. The molecule has 0 aliphatic carbocycles. The molecule has 0 unspecified atom stereocenters. The van der Waals surface area contributed by atoms with E-state index in [-0.39, 0.29) is 5.75 Å². The maximum absolute atomic E-state index is 12.3. The normalized spacial score (nSPS) is 18.8. The number of phenolic OH excluding ortho intramolecular Hbond substituents is 1. The summed E-state index contributed by atoms with van der Waals surface area (Å²) >= 11 is 0. The Morgan fingerprint density at radius 2 is 1.67 bits per heavy atom. The molecule has 1 fully saturated rings. The molecule has 0 atom stereocenters. The first kappa shape index (κ1) is 16.3. The van der Waals surface area contributed by atoms with Gasteiger partial charge in [-0.1, -0.05) is 12.1 Å². The summed E-state index contributed by atoms with van der Waals surface area (Å²) in [7, 11) is -3.41. The van der Waals surface area contributed by atoms with Crippen molar-refractivity contribution in [3.8, 4) is 5.75 Å². The van der Waals surface area contributed by atoms with Crippen LogP contribution in [0.25, 0.3) is 0 Å². The molecule has 2 rings (SSSR count). The van der Waals surface area contributed by atoms with Crippen LogP contribution in [0.15, 0.2) is 24.3 Å². The molecule has 2 N–H and O–H groups in total. The largest absolute Gasteiger partial charge is 0.508 e. The lowest BCUT2D eigenvalue weighted by Crippen LogP contribution is -2.50. The highest BCUT2D eigenvalue weighted by Crippen LogP contribution is 2.30. The number of benzene rings is 1.